The number of amides is 1. The molecule has 0 saturated heterocycles. The molecular formula is C16H16INO2. The van der Waals surface area contributed by atoms with Crippen LogP contribution in [0.3, 0.4) is 0 Å². The zero-order valence-corrected chi connectivity index (χ0v) is 13.6. The SMILES string of the molecule is COc1cccc(CNC(=O)c2cccc(C)c2I)c1. The number of halogens is 1. The van der Waals surface area contributed by atoms with Gasteiger partial charge in [-0.2, -0.15) is 0 Å². The fourth-order valence-corrected chi connectivity index (χ4v) is 2.49. The minimum Gasteiger partial charge on any atom is -0.497 e. The first kappa shape index (κ1) is 14.8. The molecule has 0 aromatic heterocycles. The van der Waals surface area contributed by atoms with E-state index < -0.39 is 0 Å². The van der Waals surface area contributed by atoms with Gasteiger partial charge in [-0.25, -0.2) is 0 Å². The Balaban J connectivity index is 2.06. The lowest BCUT2D eigenvalue weighted by Crippen LogP contribution is -2.23. The maximum atomic E-state index is 12.2. The quantitative estimate of drug-likeness (QED) is 0.823. The molecule has 1 amide bonds. The summed E-state index contributed by atoms with van der Waals surface area (Å²) in [6.07, 6.45) is 0. The lowest BCUT2D eigenvalue weighted by molar-refractivity contribution is 0.0950. The van der Waals surface area contributed by atoms with Gasteiger partial charge in [-0.05, 0) is 58.8 Å². The van der Waals surface area contributed by atoms with Crippen LogP contribution in [0.1, 0.15) is 21.5 Å². The molecule has 4 heteroatoms. The van der Waals surface area contributed by atoms with Gasteiger partial charge in [-0.3, -0.25) is 4.79 Å². The fourth-order valence-electron chi connectivity index (χ4n) is 1.88. The van der Waals surface area contributed by atoms with E-state index in [1.165, 1.54) is 0 Å². The first-order valence-electron chi connectivity index (χ1n) is 6.28. The highest BCUT2D eigenvalue weighted by atomic mass is 127. The van der Waals surface area contributed by atoms with E-state index in [0.29, 0.717) is 12.1 Å². The molecule has 3 nitrogen and oxygen atoms in total. The Labute approximate surface area is 132 Å². The summed E-state index contributed by atoms with van der Waals surface area (Å²) >= 11 is 2.21. The van der Waals surface area contributed by atoms with Gasteiger partial charge in [-0.1, -0.05) is 24.3 Å². The number of benzene rings is 2. The first-order chi connectivity index (χ1) is 9.61. The van der Waals surface area contributed by atoms with Crippen molar-refractivity contribution in [3.63, 3.8) is 0 Å². The van der Waals surface area contributed by atoms with E-state index >= 15 is 0 Å². The Morgan fingerprint density at radius 1 is 1.25 bits per heavy atom. The number of rotatable bonds is 4. The molecule has 0 atom stereocenters. The third-order valence-corrected chi connectivity index (χ3v) is 4.46. The van der Waals surface area contributed by atoms with Crippen LogP contribution in [0.4, 0.5) is 0 Å². The lowest BCUT2D eigenvalue weighted by Gasteiger charge is -2.09. The van der Waals surface area contributed by atoms with Crippen LogP contribution in [-0.4, -0.2) is 13.0 Å². The molecule has 0 saturated carbocycles. The summed E-state index contributed by atoms with van der Waals surface area (Å²) < 4.78 is 6.16. The zero-order valence-electron chi connectivity index (χ0n) is 11.4. The molecule has 0 spiro atoms. The summed E-state index contributed by atoms with van der Waals surface area (Å²) in [6, 6.07) is 13.4. The van der Waals surface area contributed by atoms with Crippen molar-refractivity contribution >= 4 is 28.5 Å². The number of aryl methyl sites for hydroxylation is 1. The number of carbonyl (C=O) groups is 1. The Bertz CT molecular complexity index is 626. The van der Waals surface area contributed by atoms with E-state index in [0.717, 1.165) is 20.4 Å². The van der Waals surface area contributed by atoms with Crippen LogP contribution in [0.15, 0.2) is 42.5 Å². The minimum atomic E-state index is -0.0547. The maximum Gasteiger partial charge on any atom is 0.252 e. The molecule has 0 radical (unpaired) electrons. The predicted octanol–water partition coefficient (Wildman–Crippen LogP) is 3.54. The second-order valence-electron chi connectivity index (χ2n) is 4.47. The molecular weight excluding hydrogens is 365 g/mol. The second-order valence-corrected chi connectivity index (χ2v) is 5.55. The van der Waals surface area contributed by atoms with Crippen molar-refractivity contribution in [3.8, 4) is 5.75 Å². The molecule has 2 aromatic rings. The van der Waals surface area contributed by atoms with Crippen LogP contribution in [-0.2, 0) is 6.54 Å². The molecule has 0 unspecified atom stereocenters. The van der Waals surface area contributed by atoms with Gasteiger partial charge in [0.15, 0.2) is 0 Å². The van der Waals surface area contributed by atoms with Crippen molar-refractivity contribution in [1.82, 2.24) is 5.32 Å². The number of ether oxygens (including phenoxy) is 1. The van der Waals surface area contributed by atoms with E-state index in [2.05, 4.69) is 27.9 Å². The molecule has 0 heterocycles. The van der Waals surface area contributed by atoms with E-state index in [9.17, 15) is 4.79 Å². The van der Waals surface area contributed by atoms with Gasteiger partial charge >= 0.3 is 0 Å². The number of hydrogen-bond donors (Lipinski definition) is 1. The van der Waals surface area contributed by atoms with Gasteiger partial charge in [0.2, 0.25) is 0 Å². The summed E-state index contributed by atoms with van der Waals surface area (Å²) in [4.78, 5) is 12.2. The Morgan fingerprint density at radius 3 is 2.75 bits per heavy atom. The van der Waals surface area contributed by atoms with Gasteiger partial charge in [0.05, 0.1) is 12.7 Å². The molecule has 1 N–H and O–H groups in total. The summed E-state index contributed by atoms with van der Waals surface area (Å²) in [5.74, 6) is 0.739. The predicted molar refractivity (Wildman–Crippen MR) is 88.1 cm³/mol. The highest BCUT2D eigenvalue weighted by Crippen LogP contribution is 2.17. The molecule has 0 aliphatic rings. The average molecular weight is 381 g/mol. The number of hydrogen-bond acceptors (Lipinski definition) is 2. The van der Waals surface area contributed by atoms with Gasteiger partial charge < -0.3 is 10.1 Å². The average Bonchev–Trinajstić information content (AvgIpc) is 2.48. The monoisotopic (exact) mass is 381 g/mol. The summed E-state index contributed by atoms with van der Waals surface area (Å²) in [5.41, 5.74) is 2.84. The minimum absolute atomic E-state index is 0.0547. The third kappa shape index (κ3) is 3.50. The Hall–Kier alpha value is -1.56. The molecule has 20 heavy (non-hydrogen) atoms. The number of nitrogens with one attached hydrogen (secondary N) is 1. The van der Waals surface area contributed by atoms with Gasteiger partial charge in [0, 0.05) is 10.1 Å². The molecule has 0 bridgehead atoms. The van der Waals surface area contributed by atoms with Crippen molar-refractivity contribution in [2.75, 3.05) is 7.11 Å². The zero-order chi connectivity index (χ0) is 14.5. The smallest absolute Gasteiger partial charge is 0.252 e. The molecule has 2 rings (SSSR count). The molecule has 0 fully saturated rings. The largest absolute Gasteiger partial charge is 0.497 e. The third-order valence-electron chi connectivity index (χ3n) is 3.02. The topological polar surface area (TPSA) is 38.3 Å². The van der Waals surface area contributed by atoms with Crippen molar-refractivity contribution < 1.29 is 9.53 Å². The second kappa shape index (κ2) is 6.74. The van der Waals surface area contributed by atoms with Crippen LogP contribution < -0.4 is 10.1 Å². The summed E-state index contributed by atoms with van der Waals surface area (Å²) in [5, 5.41) is 2.94. The number of carbonyl (C=O) groups excluding carboxylic acids is 1. The fraction of sp³-hybridized carbons (Fsp3) is 0.188. The Kier molecular flexibility index (Phi) is 5.00. The van der Waals surface area contributed by atoms with Crippen LogP contribution in [0.25, 0.3) is 0 Å². The molecule has 0 aliphatic heterocycles. The van der Waals surface area contributed by atoms with Crippen molar-refractivity contribution in [1.29, 1.82) is 0 Å². The molecule has 104 valence electrons. The highest BCUT2D eigenvalue weighted by molar-refractivity contribution is 14.1. The van der Waals surface area contributed by atoms with Gasteiger partial charge in [0.1, 0.15) is 5.75 Å². The first-order valence-corrected chi connectivity index (χ1v) is 7.36. The Morgan fingerprint density at radius 2 is 2.00 bits per heavy atom. The molecule has 2 aromatic carbocycles. The van der Waals surface area contributed by atoms with Crippen molar-refractivity contribution in [2.24, 2.45) is 0 Å². The van der Waals surface area contributed by atoms with E-state index in [-0.39, 0.29) is 5.91 Å². The summed E-state index contributed by atoms with van der Waals surface area (Å²) in [7, 11) is 1.63. The lowest BCUT2D eigenvalue weighted by atomic mass is 10.1. The van der Waals surface area contributed by atoms with Crippen LogP contribution >= 0.6 is 22.6 Å². The molecule has 0 aliphatic carbocycles. The van der Waals surface area contributed by atoms with Crippen LogP contribution in [0.2, 0.25) is 0 Å². The standard InChI is InChI=1S/C16H16INO2/c1-11-5-3-8-14(15(11)17)16(19)18-10-12-6-4-7-13(9-12)20-2/h3-9H,10H2,1-2H3,(H,18,19). The number of methoxy groups -OCH3 is 1. The van der Waals surface area contributed by atoms with E-state index in [1.807, 2.05) is 49.4 Å². The van der Waals surface area contributed by atoms with Gasteiger partial charge in [0.25, 0.3) is 5.91 Å². The van der Waals surface area contributed by atoms with Crippen molar-refractivity contribution in [2.45, 2.75) is 13.5 Å². The maximum absolute atomic E-state index is 12.2. The van der Waals surface area contributed by atoms with Crippen LogP contribution in [0.5, 0.6) is 5.75 Å². The van der Waals surface area contributed by atoms with Crippen LogP contribution in [0, 0.1) is 10.5 Å². The normalized spacial score (nSPS) is 10.2. The summed E-state index contributed by atoms with van der Waals surface area (Å²) in [6.45, 7) is 2.49. The highest BCUT2D eigenvalue weighted by Gasteiger charge is 2.10. The van der Waals surface area contributed by atoms with Gasteiger partial charge in [-0.15, -0.1) is 0 Å². The van der Waals surface area contributed by atoms with E-state index in [1.54, 1.807) is 7.11 Å². The van der Waals surface area contributed by atoms with E-state index in [4.69, 9.17) is 4.74 Å². The van der Waals surface area contributed by atoms with Crippen molar-refractivity contribution in [3.05, 3.63) is 62.7 Å².